The van der Waals surface area contributed by atoms with Crippen LogP contribution in [0.25, 0.3) is 11.1 Å². The fraction of sp³-hybridized carbons (Fsp3) is 0.405. The van der Waals surface area contributed by atoms with E-state index in [0.29, 0.717) is 6.61 Å². The number of carbonyl (C=O) groups is 1. The molecule has 7 heteroatoms. The third-order valence-electron chi connectivity index (χ3n) is 9.32. The molecule has 0 radical (unpaired) electrons. The number of piperidine rings is 1. The normalized spacial score (nSPS) is 14.0. The van der Waals surface area contributed by atoms with Crippen LogP contribution < -0.4 is 10.1 Å². The molecule has 49 heavy (non-hydrogen) atoms. The van der Waals surface area contributed by atoms with Gasteiger partial charge in [0, 0.05) is 42.9 Å². The SMILES string of the molecule is COc1ccccc1COCCCCCC[N+](C)(C)Cc1cccc(CN2CCC(OC(=O)Nc3ccccc3-c3ccccc3)CC2)c1. The number of hydrogen-bond donors (Lipinski definition) is 1. The van der Waals surface area contributed by atoms with Crippen molar-refractivity contribution in [2.75, 3.05) is 52.8 Å². The van der Waals surface area contributed by atoms with Crippen LogP contribution >= 0.6 is 0 Å². The van der Waals surface area contributed by atoms with E-state index in [0.717, 1.165) is 91.2 Å². The fourth-order valence-corrected chi connectivity index (χ4v) is 6.70. The van der Waals surface area contributed by atoms with Gasteiger partial charge in [0.2, 0.25) is 0 Å². The van der Waals surface area contributed by atoms with Crippen LogP contribution in [0.15, 0.2) is 103 Å². The first-order chi connectivity index (χ1) is 23.9. The molecule has 1 aliphatic heterocycles. The van der Waals surface area contributed by atoms with Crippen molar-refractivity contribution in [1.82, 2.24) is 4.90 Å². The number of nitrogens with zero attached hydrogens (tertiary/aromatic N) is 2. The summed E-state index contributed by atoms with van der Waals surface area (Å²) < 4.78 is 18.2. The molecular formula is C42H54N3O4+. The average Bonchev–Trinajstić information content (AvgIpc) is 3.11. The number of rotatable bonds is 17. The van der Waals surface area contributed by atoms with Gasteiger partial charge in [0.05, 0.1) is 40.0 Å². The van der Waals surface area contributed by atoms with Crippen molar-refractivity contribution in [3.63, 3.8) is 0 Å². The molecule has 0 atom stereocenters. The second-order valence-corrected chi connectivity index (χ2v) is 13.8. The van der Waals surface area contributed by atoms with Crippen LogP contribution in [-0.4, -0.2) is 69.0 Å². The summed E-state index contributed by atoms with van der Waals surface area (Å²) in [5, 5.41) is 2.98. The molecule has 1 amide bonds. The molecule has 260 valence electrons. The summed E-state index contributed by atoms with van der Waals surface area (Å²) in [6.07, 6.45) is 5.94. The maximum absolute atomic E-state index is 12.8. The van der Waals surface area contributed by atoms with Gasteiger partial charge in [0.15, 0.2) is 0 Å². The van der Waals surface area contributed by atoms with Gasteiger partial charge < -0.3 is 18.7 Å². The number of benzene rings is 4. The van der Waals surface area contributed by atoms with E-state index in [9.17, 15) is 4.79 Å². The minimum absolute atomic E-state index is 0.0736. The van der Waals surface area contributed by atoms with Crippen LogP contribution in [0.3, 0.4) is 0 Å². The number of amides is 1. The molecule has 0 saturated carbocycles. The zero-order valence-electron chi connectivity index (χ0n) is 29.6. The van der Waals surface area contributed by atoms with Crippen LogP contribution in [-0.2, 0) is 29.2 Å². The molecule has 1 N–H and O–H groups in total. The van der Waals surface area contributed by atoms with E-state index in [2.05, 4.69) is 54.6 Å². The standard InChI is InChI=1S/C42H53N3O4/c1-45(2,28-13-4-5-14-29-48-33-37-20-9-12-23-41(37)47-3)32-35-17-15-16-34(30-35)31-44-26-24-38(25-27-44)49-42(46)43-40-22-11-10-21-39(40)36-18-7-6-8-19-36/h6-12,15-23,30,38H,4-5,13-14,24-29,31-33H2,1-3H3/p+1. The maximum Gasteiger partial charge on any atom is 0.411 e. The fourth-order valence-electron chi connectivity index (χ4n) is 6.70. The highest BCUT2D eigenvalue weighted by molar-refractivity contribution is 5.91. The molecule has 1 heterocycles. The first kappa shape index (κ1) is 36.1. The van der Waals surface area contributed by atoms with E-state index in [1.54, 1.807) is 7.11 Å². The van der Waals surface area contributed by atoms with E-state index >= 15 is 0 Å². The third kappa shape index (κ3) is 11.7. The predicted octanol–water partition coefficient (Wildman–Crippen LogP) is 8.93. The topological polar surface area (TPSA) is 60.0 Å². The Labute approximate surface area is 293 Å². The van der Waals surface area contributed by atoms with E-state index in [-0.39, 0.29) is 12.2 Å². The minimum Gasteiger partial charge on any atom is -0.496 e. The quantitative estimate of drug-likeness (QED) is 0.0903. The molecule has 0 spiro atoms. The number of para-hydroxylation sites is 2. The monoisotopic (exact) mass is 664 g/mol. The Morgan fingerprint density at radius 2 is 1.53 bits per heavy atom. The van der Waals surface area contributed by atoms with Gasteiger partial charge in [-0.3, -0.25) is 10.2 Å². The summed E-state index contributed by atoms with van der Waals surface area (Å²) in [6, 6.07) is 35.1. The number of likely N-dealkylation sites (tertiary alicyclic amines) is 1. The van der Waals surface area contributed by atoms with Gasteiger partial charge in [-0.05, 0) is 61.4 Å². The first-order valence-electron chi connectivity index (χ1n) is 17.8. The van der Waals surface area contributed by atoms with E-state index in [1.807, 2.05) is 72.8 Å². The van der Waals surface area contributed by atoms with Crippen LogP contribution in [0.5, 0.6) is 5.75 Å². The van der Waals surface area contributed by atoms with Crippen LogP contribution in [0, 0.1) is 0 Å². The highest BCUT2D eigenvalue weighted by Crippen LogP contribution is 2.28. The van der Waals surface area contributed by atoms with Crippen molar-refractivity contribution in [1.29, 1.82) is 0 Å². The summed E-state index contributed by atoms with van der Waals surface area (Å²) in [5.74, 6) is 0.892. The lowest BCUT2D eigenvalue weighted by molar-refractivity contribution is -0.903. The summed E-state index contributed by atoms with van der Waals surface area (Å²) in [5.41, 5.74) is 6.65. The molecule has 4 aromatic carbocycles. The lowest BCUT2D eigenvalue weighted by atomic mass is 10.0. The van der Waals surface area contributed by atoms with Crippen molar-refractivity contribution >= 4 is 11.8 Å². The minimum atomic E-state index is -0.385. The van der Waals surface area contributed by atoms with Crippen molar-refractivity contribution in [2.45, 2.75) is 64.3 Å². The van der Waals surface area contributed by atoms with Gasteiger partial charge >= 0.3 is 6.09 Å². The Bertz CT molecular complexity index is 1580. The van der Waals surface area contributed by atoms with Gasteiger partial charge in [0.1, 0.15) is 18.4 Å². The molecule has 0 unspecified atom stereocenters. The smallest absolute Gasteiger partial charge is 0.411 e. The number of hydrogen-bond acceptors (Lipinski definition) is 5. The number of nitrogens with one attached hydrogen (secondary N) is 1. The van der Waals surface area contributed by atoms with E-state index in [4.69, 9.17) is 14.2 Å². The maximum atomic E-state index is 12.8. The van der Waals surface area contributed by atoms with Gasteiger partial charge in [0.25, 0.3) is 0 Å². The molecule has 0 aliphatic carbocycles. The zero-order valence-corrected chi connectivity index (χ0v) is 29.6. The first-order valence-corrected chi connectivity index (χ1v) is 17.8. The van der Waals surface area contributed by atoms with Crippen molar-refractivity contribution in [3.8, 4) is 16.9 Å². The van der Waals surface area contributed by atoms with E-state index < -0.39 is 0 Å². The van der Waals surface area contributed by atoms with Crippen LogP contribution in [0.4, 0.5) is 10.5 Å². The number of ether oxygens (including phenoxy) is 3. The Balaban J connectivity index is 0.975. The molecule has 0 aromatic heterocycles. The second-order valence-electron chi connectivity index (χ2n) is 13.8. The molecule has 4 aromatic rings. The number of anilines is 1. The number of methoxy groups -OCH3 is 1. The van der Waals surface area contributed by atoms with Gasteiger partial charge in [-0.15, -0.1) is 0 Å². The molecular weight excluding hydrogens is 610 g/mol. The molecule has 5 rings (SSSR count). The summed E-state index contributed by atoms with van der Waals surface area (Å²) in [7, 11) is 6.38. The summed E-state index contributed by atoms with van der Waals surface area (Å²) in [6.45, 7) is 6.31. The molecule has 7 nitrogen and oxygen atoms in total. The number of quaternary nitrogens is 1. The van der Waals surface area contributed by atoms with Crippen LogP contribution in [0.1, 0.15) is 55.2 Å². The molecule has 1 fully saturated rings. The lowest BCUT2D eigenvalue weighted by Crippen LogP contribution is -2.39. The Hall–Kier alpha value is -4.17. The average molecular weight is 665 g/mol. The Kier molecular flexibility index (Phi) is 13.7. The van der Waals surface area contributed by atoms with Gasteiger partial charge in [-0.25, -0.2) is 4.79 Å². The highest BCUT2D eigenvalue weighted by atomic mass is 16.6. The molecule has 1 aliphatic rings. The number of carbonyl (C=O) groups excluding carboxylic acids is 1. The highest BCUT2D eigenvalue weighted by Gasteiger charge is 2.23. The van der Waals surface area contributed by atoms with Crippen molar-refractivity contribution in [2.24, 2.45) is 0 Å². The number of unbranched alkanes of at least 4 members (excludes halogenated alkanes) is 3. The predicted molar refractivity (Wildman–Crippen MR) is 199 cm³/mol. The van der Waals surface area contributed by atoms with Gasteiger partial charge in [-0.2, -0.15) is 0 Å². The van der Waals surface area contributed by atoms with E-state index in [1.165, 1.54) is 30.4 Å². The molecule has 1 saturated heterocycles. The van der Waals surface area contributed by atoms with Gasteiger partial charge in [-0.1, -0.05) is 91.3 Å². The Morgan fingerprint density at radius 1 is 0.816 bits per heavy atom. The lowest BCUT2D eigenvalue weighted by Gasteiger charge is -2.32. The third-order valence-corrected chi connectivity index (χ3v) is 9.32. The molecule has 0 bridgehead atoms. The zero-order chi connectivity index (χ0) is 34.3. The van der Waals surface area contributed by atoms with Crippen LogP contribution in [0.2, 0.25) is 0 Å². The van der Waals surface area contributed by atoms with Crippen molar-refractivity contribution in [3.05, 3.63) is 120 Å². The summed E-state index contributed by atoms with van der Waals surface area (Å²) in [4.78, 5) is 15.3. The second kappa shape index (κ2) is 18.6. The largest absolute Gasteiger partial charge is 0.496 e. The Morgan fingerprint density at radius 3 is 2.35 bits per heavy atom. The summed E-state index contributed by atoms with van der Waals surface area (Å²) >= 11 is 0. The van der Waals surface area contributed by atoms with Crippen molar-refractivity contribution < 1.29 is 23.5 Å².